The topological polar surface area (TPSA) is 92.0 Å². The molecule has 1 aliphatic heterocycles. The van der Waals surface area contributed by atoms with Crippen LogP contribution < -0.4 is 16.4 Å². The van der Waals surface area contributed by atoms with Crippen LogP contribution in [-0.2, 0) is 16.1 Å². The van der Waals surface area contributed by atoms with Crippen LogP contribution in [0.25, 0.3) is 0 Å². The first-order valence-corrected chi connectivity index (χ1v) is 8.90. The minimum absolute atomic E-state index is 0.0137. The second kappa shape index (κ2) is 10.6. The van der Waals surface area contributed by atoms with Gasteiger partial charge in [-0.15, -0.1) is 0 Å². The summed E-state index contributed by atoms with van der Waals surface area (Å²) >= 11 is 0. The van der Waals surface area contributed by atoms with E-state index < -0.39 is 0 Å². The molecule has 0 atom stereocenters. The molecule has 0 radical (unpaired) electrons. The molecular weight excluding hydrogens is 330 g/mol. The predicted octanol–water partition coefficient (Wildman–Crippen LogP) is 1.33. The van der Waals surface area contributed by atoms with Gasteiger partial charge in [-0.25, -0.2) is 4.99 Å². The molecule has 0 saturated carbocycles. The number of carbonyl (C=O) groups is 1. The Morgan fingerprint density at radius 1 is 1.38 bits per heavy atom. The van der Waals surface area contributed by atoms with Crippen molar-refractivity contribution in [2.45, 2.75) is 19.9 Å². The summed E-state index contributed by atoms with van der Waals surface area (Å²) in [5.74, 6) is 0.396. The second-order valence-electron chi connectivity index (χ2n) is 6.46. The number of anilines is 1. The van der Waals surface area contributed by atoms with Crippen LogP contribution in [0.3, 0.4) is 0 Å². The quantitative estimate of drug-likeness (QED) is 0.370. The predicted molar refractivity (Wildman–Crippen MR) is 105 cm³/mol. The maximum absolute atomic E-state index is 12.1. The number of nitrogens with zero attached hydrogens (tertiary/aromatic N) is 2. The maximum Gasteiger partial charge on any atom is 0.225 e. The fraction of sp³-hybridized carbons (Fsp3) is 0.474. The average Bonchev–Trinajstić information content (AvgIpc) is 2.64. The molecule has 1 saturated heterocycles. The Morgan fingerprint density at radius 3 is 2.88 bits per heavy atom. The second-order valence-corrected chi connectivity index (χ2v) is 6.46. The number of morpholine rings is 1. The summed E-state index contributed by atoms with van der Waals surface area (Å²) in [7, 11) is 0. The van der Waals surface area contributed by atoms with E-state index in [-0.39, 0.29) is 5.91 Å². The van der Waals surface area contributed by atoms with Gasteiger partial charge in [0.1, 0.15) is 0 Å². The molecule has 1 aromatic carbocycles. The van der Waals surface area contributed by atoms with Crippen molar-refractivity contribution in [3.63, 3.8) is 0 Å². The van der Waals surface area contributed by atoms with E-state index in [4.69, 9.17) is 10.5 Å². The molecule has 1 aliphatic rings. The zero-order valence-corrected chi connectivity index (χ0v) is 15.5. The summed E-state index contributed by atoms with van der Waals surface area (Å²) in [6.07, 6.45) is 0.472. The highest BCUT2D eigenvalue weighted by Crippen LogP contribution is 2.12. The van der Waals surface area contributed by atoms with Crippen LogP contribution in [-0.4, -0.2) is 56.2 Å². The fourth-order valence-corrected chi connectivity index (χ4v) is 2.53. The molecule has 0 aromatic heterocycles. The smallest absolute Gasteiger partial charge is 0.225 e. The Labute approximate surface area is 155 Å². The van der Waals surface area contributed by atoms with Gasteiger partial charge in [0.15, 0.2) is 5.96 Å². The monoisotopic (exact) mass is 359 g/mol. The SMILES string of the molecule is C=C(C)CNC(N)=NCc1cccc(NC(=O)CCN2CCOCC2)c1. The number of benzene rings is 1. The van der Waals surface area contributed by atoms with E-state index in [9.17, 15) is 4.79 Å². The van der Waals surface area contributed by atoms with Crippen molar-refractivity contribution in [3.8, 4) is 0 Å². The molecule has 4 N–H and O–H groups in total. The van der Waals surface area contributed by atoms with Gasteiger partial charge >= 0.3 is 0 Å². The molecule has 0 unspecified atom stereocenters. The highest BCUT2D eigenvalue weighted by atomic mass is 16.5. The standard InChI is InChI=1S/C19H29N5O2/c1-15(2)13-21-19(20)22-14-16-4-3-5-17(12-16)23-18(25)6-7-24-8-10-26-11-9-24/h3-5,12H,1,6-11,13-14H2,2H3,(H,23,25)(H3,20,21,22). The largest absolute Gasteiger partial charge is 0.379 e. The summed E-state index contributed by atoms with van der Waals surface area (Å²) in [6, 6.07) is 7.66. The molecule has 142 valence electrons. The highest BCUT2D eigenvalue weighted by Gasteiger charge is 2.12. The lowest BCUT2D eigenvalue weighted by atomic mass is 10.2. The molecule has 0 aliphatic carbocycles. The Bertz CT molecular complexity index is 639. The van der Waals surface area contributed by atoms with Gasteiger partial charge in [-0.3, -0.25) is 9.69 Å². The van der Waals surface area contributed by atoms with Gasteiger partial charge in [-0.05, 0) is 24.6 Å². The van der Waals surface area contributed by atoms with Crippen molar-refractivity contribution in [2.24, 2.45) is 10.7 Å². The van der Waals surface area contributed by atoms with Gasteiger partial charge in [-0.2, -0.15) is 0 Å². The van der Waals surface area contributed by atoms with Crippen molar-refractivity contribution in [1.82, 2.24) is 10.2 Å². The van der Waals surface area contributed by atoms with Gasteiger partial charge in [0.05, 0.1) is 19.8 Å². The van der Waals surface area contributed by atoms with E-state index in [0.29, 0.717) is 25.5 Å². The van der Waals surface area contributed by atoms with Gasteiger partial charge in [0.2, 0.25) is 5.91 Å². The van der Waals surface area contributed by atoms with Crippen molar-refractivity contribution >= 4 is 17.6 Å². The molecule has 26 heavy (non-hydrogen) atoms. The summed E-state index contributed by atoms with van der Waals surface area (Å²) in [4.78, 5) is 18.7. The minimum Gasteiger partial charge on any atom is -0.379 e. The lowest BCUT2D eigenvalue weighted by molar-refractivity contribution is -0.116. The van der Waals surface area contributed by atoms with E-state index in [1.54, 1.807) is 0 Å². The molecule has 1 aromatic rings. The number of amides is 1. The van der Waals surface area contributed by atoms with Gasteiger partial charge in [-0.1, -0.05) is 24.3 Å². The zero-order chi connectivity index (χ0) is 18.8. The van der Waals surface area contributed by atoms with E-state index in [0.717, 1.165) is 49.7 Å². The minimum atomic E-state index is 0.0137. The van der Waals surface area contributed by atoms with Crippen molar-refractivity contribution in [1.29, 1.82) is 0 Å². The number of guanidine groups is 1. The number of hydrogen-bond acceptors (Lipinski definition) is 4. The molecule has 0 spiro atoms. The lowest BCUT2D eigenvalue weighted by Gasteiger charge is -2.26. The highest BCUT2D eigenvalue weighted by molar-refractivity contribution is 5.90. The van der Waals surface area contributed by atoms with E-state index in [1.807, 2.05) is 31.2 Å². The normalized spacial score (nSPS) is 15.5. The molecule has 1 fully saturated rings. The Hall–Kier alpha value is -2.38. The number of aliphatic imine (C=N–C) groups is 1. The third-order valence-electron chi connectivity index (χ3n) is 3.97. The van der Waals surface area contributed by atoms with E-state index in [1.165, 1.54) is 0 Å². The first-order valence-electron chi connectivity index (χ1n) is 8.90. The molecule has 7 heteroatoms. The molecule has 2 rings (SSSR count). The molecule has 0 bridgehead atoms. The Balaban J connectivity index is 1.79. The third kappa shape index (κ3) is 7.67. The Kier molecular flexibility index (Phi) is 8.11. The molecular formula is C19H29N5O2. The Morgan fingerprint density at radius 2 is 2.15 bits per heavy atom. The van der Waals surface area contributed by atoms with Crippen LogP contribution in [0.4, 0.5) is 5.69 Å². The fourth-order valence-electron chi connectivity index (χ4n) is 2.53. The van der Waals surface area contributed by atoms with Crippen LogP contribution in [0.2, 0.25) is 0 Å². The van der Waals surface area contributed by atoms with Crippen LogP contribution in [0.1, 0.15) is 18.9 Å². The molecule has 1 amide bonds. The van der Waals surface area contributed by atoms with Gasteiger partial charge in [0, 0.05) is 38.3 Å². The average molecular weight is 359 g/mol. The summed E-state index contributed by atoms with van der Waals surface area (Å²) in [5.41, 5.74) is 8.56. The first kappa shape index (κ1) is 19.9. The van der Waals surface area contributed by atoms with Gasteiger partial charge in [0.25, 0.3) is 0 Å². The van der Waals surface area contributed by atoms with Crippen LogP contribution in [0.15, 0.2) is 41.4 Å². The van der Waals surface area contributed by atoms with Crippen LogP contribution in [0, 0.1) is 0 Å². The maximum atomic E-state index is 12.1. The van der Waals surface area contributed by atoms with Crippen molar-refractivity contribution in [3.05, 3.63) is 42.0 Å². The van der Waals surface area contributed by atoms with Crippen molar-refractivity contribution in [2.75, 3.05) is 44.7 Å². The number of ether oxygens (including phenoxy) is 1. The van der Waals surface area contributed by atoms with Crippen molar-refractivity contribution < 1.29 is 9.53 Å². The number of nitrogens with two attached hydrogens (primary N) is 1. The van der Waals surface area contributed by atoms with E-state index in [2.05, 4.69) is 27.1 Å². The number of rotatable bonds is 8. The number of carbonyl (C=O) groups excluding carboxylic acids is 1. The van der Waals surface area contributed by atoms with E-state index >= 15 is 0 Å². The summed E-state index contributed by atoms with van der Waals surface area (Å²) in [6.45, 7) is 10.8. The van der Waals surface area contributed by atoms with Crippen LogP contribution >= 0.6 is 0 Å². The number of nitrogens with one attached hydrogen (secondary N) is 2. The van der Waals surface area contributed by atoms with Gasteiger partial charge < -0.3 is 21.1 Å². The molecule has 7 nitrogen and oxygen atoms in total. The first-order chi connectivity index (χ1) is 12.5. The third-order valence-corrected chi connectivity index (χ3v) is 3.97. The van der Waals surface area contributed by atoms with Crippen LogP contribution in [0.5, 0.6) is 0 Å². The summed E-state index contributed by atoms with van der Waals surface area (Å²) < 4.78 is 5.31. The summed E-state index contributed by atoms with van der Waals surface area (Å²) in [5, 5.41) is 5.94. The number of hydrogen-bond donors (Lipinski definition) is 3. The lowest BCUT2D eigenvalue weighted by Crippen LogP contribution is -2.38. The molecule has 1 heterocycles. The zero-order valence-electron chi connectivity index (χ0n) is 15.5.